The molecule has 1 heterocycles. The topological polar surface area (TPSA) is 64.2 Å². The minimum atomic E-state index is 0.254. The van der Waals surface area contributed by atoms with Gasteiger partial charge in [-0.25, -0.2) is 0 Å². The van der Waals surface area contributed by atoms with Gasteiger partial charge >= 0.3 is 0 Å². The lowest BCUT2D eigenvalue weighted by atomic mass is 10.2. The summed E-state index contributed by atoms with van der Waals surface area (Å²) >= 11 is 0. The summed E-state index contributed by atoms with van der Waals surface area (Å²) in [6.45, 7) is 8.57. The van der Waals surface area contributed by atoms with Crippen molar-refractivity contribution in [3.05, 3.63) is 18.2 Å². The fourth-order valence-corrected chi connectivity index (χ4v) is 2.19. The number of benzene rings is 1. The van der Waals surface area contributed by atoms with Gasteiger partial charge in [-0.2, -0.15) is 5.10 Å². The van der Waals surface area contributed by atoms with Gasteiger partial charge in [-0.15, -0.1) is 0 Å². The van der Waals surface area contributed by atoms with E-state index in [0.717, 1.165) is 49.3 Å². The lowest BCUT2D eigenvalue weighted by molar-refractivity contribution is 0.303. The molecule has 0 spiro atoms. The number of fused-ring (bicyclic) bond motifs is 1. The molecule has 0 unspecified atom stereocenters. The van der Waals surface area contributed by atoms with Crippen LogP contribution in [0.4, 0.5) is 5.82 Å². The Kier molecular flexibility index (Phi) is 4.63. The second-order valence-corrected chi connectivity index (χ2v) is 4.61. The van der Waals surface area contributed by atoms with Crippen LogP contribution in [-0.2, 0) is 0 Å². The molecule has 0 saturated carbocycles. The van der Waals surface area contributed by atoms with Gasteiger partial charge in [0.2, 0.25) is 0 Å². The lowest BCUT2D eigenvalue weighted by Gasteiger charge is -2.17. The minimum absolute atomic E-state index is 0.254. The number of aromatic nitrogens is 2. The number of rotatable bonds is 7. The summed E-state index contributed by atoms with van der Waals surface area (Å²) in [4.78, 5) is 2.41. The Hall–Kier alpha value is -1.75. The molecule has 0 aliphatic carbocycles. The van der Waals surface area contributed by atoms with Gasteiger partial charge in [-0.3, -0.25) is 5.10 Å². The average molecular weight is 262 g/mol. The Bertz CT molecular complexity index is 519. The third-order valence-electron chi connectivity index (χ3n) is 3.38. The van der Waals surface area contributed by atoms with Gasteiger partial charge in [0.25, 0.3) is 0 Å². The Balaban J connectivity index is 1.88. The summed E-state index contributed by atoms with van der Waals surface area (Å²) < 4.78 is 0. The molecule has 104 valence electrons. The monoisotopic (exact) mass is 262 g/mol. The van der Waals surface area contributed by atoms with Gasteiger partial charge in [-0.05, 0) is 38.2 Å². The van der Waals surface area contributed by atoms with E-state index in [0.29, 0.717) is 0 Å². The zero-order valence-electron chi connectivity index (χ0n) is 11.6. The van der Waals surface area contributed by atoms with E-state index in [1.54, 1.807) is 12.1 Å². The molecule has 0 radical (unpaired) electrons. The molecule has 3 N–H and O–H groups in total. The second-order valence-electron chi connectivity index (χ2n) is 4.61. The molecule has 0 aliphatic rings. The van der Waals surface area contributed by atoms with Crippen LogP contribution in [0.2, 0.25) is 0 Å². The number of phenolic OH excluding ortho intramolecular Hbond substituents is 1. The van der Waals surface area contributed by atoms with Crippen molar-refractivity contribution in [3.63, 3.8) is 0 Å². The summed E-state index contributed by atoms with van der Waals surface area (Å²) in [7, 11) is 0. The molecule has 0 saturated heterocycles. The highest BCUT2D eigenvalue weighted by Gasteiger charge is 2.05. The third kappa shape index (κ3) is 3.38. The zero-order valence-corrected chi connectivity index (χ0v) is 11.6. The standard InChI is InChI=1S/C14H22N4O/c1-3-18(4-2)9-5-8-15-14-12-7-6-11(19)10-13(12)16-17-14/h6-7,10,19H,3-5,8-9H2,1-2H3,(H2,15,16,17). The van der Waals surface area contributed by atoms with E-state index in [1.165, 1.54) is 0 Å². The molecule has 1 aromatic heterocycles. The molecule has 2 aromatic rings. The number of nitrogens with one attached hydrogen (secondary N) is 2. The van der Waals surface area contributed by atoms with Gasteiger partial charge in [-0.1, -0.05) is 13.8 Å². The van der Waals surface area contributed by atoms with Crippen molar-refractivity contribution in [1.29, 1.82) is 0 Å². The fourth-order valence-electron chi connectivity index (χ4n) is 2.19. The van der Waals surface area contributed by atoms with Gasteiger partial charge < -0.3 is 15.3 Å². The Labute approximate surface area is 113 Å². The molecule has 5 nitrogen and oxygen atoms in total. The van der Waals surface area contributed by atoms with E-state index in [9.17, 15) is 5.11 Å². The van der Waals surface area contributed by atoms with Gasteiger partial charge in [0.15, 0.2) is 5.82 Å². The SMILES string of the molecule is CCN(CC)CCCNc1n[nH]c2cc(O)ccc12. The molecular weight excluding hydrogens is 240 g/mol. The van der Waals surface area contributed by atoms with Crippen LogP contribution in [-0.4, -0.2) is 46.4 Å². The van der Waals surface area contributed by atoms with E-state index in [4.69, 9.17) is 0 Å². The normalized spacial score (nSPS) is 11.3. The summed E-state index contributed by atoms with van der Waals surface area (Å²) in [6.07, 6.45) is 1.09. The number of phenols is 1. The summed E-state index contributed by atoms with van der Waals surface area (Å²) in [6, 6.07) is 5.24. The molecule has 1 aromatic carbocycles. The van der Waals surface area contributed by atoms with Crippen molar-refractivity contribution in [2.24, 2.45) is 0 Å². The van der Waals surface area contributed by atoms with Crippen molar-refractivity contribution in [1.82, 2.24) is 15.1 Å². The molecule has 0 fully saturated rings. The van der Waals surface area contributed by atoms with Crippen LogP contribution in [0.25, 0.3) is 10.9 Å². The second kappa shape index (κ2) is 6.43. The molecule has 2 rings (SSSR count). The van der Waals surface area contributed by atoms with Crippen LogP contribution >= 0.6 is 0 Å². The molecule has 0 amide bonds. The number of anilines is 1. The van der Waals surface area contributed by atoms with E-state index >= 15 is 0 Å². The molecule has 0 atom stereocenters. The van der Waals surface area contributed by atoms with Crippen LogP contribution < -0.4 is 5.32 Å². The van der Waals surface area contributed by atoms with Crippen LogP contribution in [0.15, 0.2) is 18.2 Å². The number of aromatic hydroxyl groups is 1. The van der Waals surface area contributed by atoms with E-state index in [2.05, 4.69) is 34.3 Å². The highest BCUT2D eigenvalue weighted by atomic mass is 16.3. The average Bonchev–Trinajstić information content (AvgIpc) is 2.81. The quantitative estimate of drug-likeness (QED) is 0.670. The minimum Gasteiger partial charge on any atom is -0.508 e. The number of H-pyrrole nitrogens is 1. The smallest absolute Gasteiger partial charge is 0.155 e. The number of hydrogen-bond acceptors (Lipinski definition) is 4. The third-order valence-corrected chi connectivity index (χ3v) is 3.38. The number of aromatic amines is 1. The zero-order chi connectivity index (χ0) is 13.7. The number of hydrogen-bond donors (Lipinski definition) is 3. The summed E-state index contributed by atoms with van der Waals surface area (Å²) in [5.74, 6) is 1.11. The summed E-state index contributed by atoms with van der Waals surface area (Å²) in [5.41, 5.74) is 0.853. The van der Waals surface area contributed by atoms with Crippen LogP contribution in [0, 0.1) is 0 Å². The molecule has 0 bridgehead atoms. The predicted octanol–water partition coefficient (Wildman–Crippen LogP) is 2.41. The van der Waals surface area contributed by atoms with Crippen molar-refractivity contribution in [3.8, 4) is 5.75 Å². The molecule has 5 heteroatoms. The maximum Gasteiger partial charge on any atom is 0.155 e. The first-order valence-electron chi connectivity index (χ1n) is 6.88. The van der Waals surface area contributed by atoms with Crippen molar-refractivity contribution < 1.29 is 5.11 Å². The molecule has 19 heavy (non-hydrogen) atoms. The van der Waals surface area contributed by atoms with Gasteiger partial charge in [0.05, 0.1) is 5.52 Å². The molecular formula is C14H22N4O. The predicted molar refractivity (Wildman–Crippen MR) is 78.7 cm³/mol. The van der Waals surface area contributed by atoms with Crippen molar-refractivity contribution in [2.45, 2.75) is 20.3 Å². The Morgan fingerprint density at radius 1 is 1.32 bits per heavy atom. The maximum atomic E-state index is 9.40. The van der Waals surface area contributed by atoms with Gasteiger partial charge in [0, 0.05) is 18.0 Å². The fraction of sp³-hybridized carbons (Fsp3) is 0.500. The summed E-state index contributed by atoms with van der Waals surface area (Å²) in [5, 5.41) is 20.9. The number of nitrogens with zero attached hydrogens (tertiary/aromatic N) is 2. The van der Waals surface area contributed by atoms with E-state index in [-0.39, 0.29) is 5.75 Å². The van der Waals surface area contributed by atoms with E-state index in [1.807, 2.05) is 6.07 Å². The van der Waals surface area contributed by atoms with Crippen LogP contribution in [0.5, 0.6) is 5.75 Å². The van der Waals surface area contributed by atoms with Crippen molar-refractivity contribution in [2.75, 3.05) is 31.5 Å². The maximum absolute atomic E-state index is 9.40. The molecule has 0 aliphatic heterocycles. The highest BCUT2D eigenvalue weighted by molar-refractivity contribution is 5.90. The van der Waals surface area contributed by atoms with E-state index < -0.39 is 0 Å². The first-order chi connectivity index (χ1) is 9.24. The Morgan fingerprint density at radius 3 is 2.84 bits per heavy atom. The highest BCUT2D eigenvalue weighted by Crippen LogP contribution is 2.23. The first kappa shape index (κ1) is 13.7. The Morgan fingerprint density at radius 2 is 2.11 bits per heavy atom. The largest absolute Gasteiger partial charge is 0.508 e. The lowest BCUT2D eigenvalue weighted by Crippen LogP contribution is -2.25. The van der Waals surface area contributed by atoms with Crippen LogP contribution in [0.1, 0.15) is 20.3 Å². The van der Waals surface area contributed by atoms with Crippen molar-refractivity contribution >= 4 is 16.7 Å². The van der Waals surface area contributed by atoms with Crippen LogP contribution in [0.3, 0.4) is 0 Å². The van der Waals surface area contributed by atoms with Gasteiger partial charge in [0.1, 0.15) is 5.75 Å². The first-order valence-corrected chi connectivity index (χ1v) is 6.88.